The van der Waals surface area contributed by atoms with Crippen LogP contribution in [-0.4, -0.2) is 35.8 Å². The van der Waals surface area contributed by atoms with Crippen molar-refractivity contribution in [2.75, 3.05) is 13.1 Å². The van der Waals surface area contributed by atoms with Gasteiger partial charge in [-0.3, -0.25) is 14.5 Å². The van der Waals surface area contributed by atoms with Gasteiger partial charge in [-0.05, 0) is 25.8 Å². The van der Waals surface area contributed by atoms with Crippen molar-refractivity contribution in [1.82, 2.24) is 4.90 Å². The van der Waals surface area contributed by atoms with Crippen molar-refractivity contribution < 1.29 is 14.3 Å². The number of nitrogens with zero attached hydrogens (tertiary/aromatic N) is 1. The number of Topliss-reactive ketones (excluding diaryl/α,β-unsaturated/α-hetero) is 1. The first-order valence-corrected chi connectivity index (χ1v) is 7.05. The summed E-state index contributed by atoms with van der Waals surface area (Å²) in [5, 5.41) is 0. The van der Waals surface area contributed by atoms with Gasteiger partial charge < -0.3 is 4.74 Å². The van der Waals surface area contributed by atoms with E-state index in [4.69, 9.17) is 4.74 Å². The largest absolute Gasteiger partial charge is 0.462 e. The van der Waals surface area contributed by atoms with Gasteiger partial charge in [0.05, 0.1) is 12.6 Å². The third-order valence-electron chi connectivity index (χ3n) is 3.39. The highest BCUT2D eigenvalue weighted by Gasteiger charge is 2.33. The lowest BCUT2D eigenvalue weighted by Crippen LogP contribution is -2.44. The average molecular weight is 275 g/mol. The molecule has 0 aromatic heterocycles. The molecular formula is C16H21NO3. The van der Waals surface area contributed by atoms with Crippen LogP contribution in [0.2, 0.25) is 0 Å². The molecule has 4 nitrogen and oxygen atoms in total. The molecule has 1 heterocycles. The Morgan fingerprint density at radius 2 is 2.05 bits per heavy atom. The van der Waals surface area contributed by atoms with Crippen LogP contribution in [0.1, 0.15) is 25.8 Å². The summed E-state index contributed by atoms with van der Waals surface area (Å²) < 4.78 is 5.14. The van der Waals surface area contributed by atoms with Crippen LogP contribution in [0.15, 0.2) is 30.3 Å². The van der Waals surface area contributed by atoms with E-state index in [0.717, 1.165) is 13.1 Å². The molecule has 108 valence electrons. The van der Waals surface area contributed by atoms with Crippen LogP contribution in [0.5, 0.6) is 0 Å². The lowest BCUT2D eigenvalue weighted by Gasteiger charge is -2.30. The average Bonchev–Trinajstić information content (AvgIpc) is 2.39. The van der Waals surface area contributed by atoms with E-state index in [1.165, 1.54) is 5.56 Å². The number of carbonyl (C=O) groups excluding carboxylic acids is 2. The predicted octanol–water partition coefficient (Wildman–Crippen LogP) is 2.03. The number of esters is 1. The summed E-state index contributed by atoms with van der Waals surface area (Å²) in [5.41, 5.74) is 1.18. The molecule has 1 aromatic rings. The van der Waals surface area contributed by atoms with Crippen LogP contribution in [0.25, 0.3) is 0 Å². The van der Waals surface area contributed by atoms with E-state index < -0.39 is 5.92 Å². The van der Waals surface area contributed by atoms with E-state index in [0.29, 0.717) is 13.0 Å². The van der Waals surface area contributed by atoms with Crippen molar-refractivity contribution in [3.8, 4) is 0 Å². The van der Waals surface area contributed by atoms with Gasteiger partial charge in [-0.15, -0.1) is 0 Å². The molecule has 1 aliphatic rings. The van der Waals surface area contributed by atoms with Gasteiger partial charge in [0.25, 0.3) is 0 Å². The highest BCUT2D eigenvalue weighted by Crippen LogP contribution is 2.18. The van der Waals surface area contributed by atoms with Crippen LogP contribution in [0.4, 0.5) is 0 Å². The number of hydrogen-bond acceptors (Lipinski definition) is 4. The Labute approximate surface area is 119 Å². The molecule has 0 aliphatic carbocycles. The Morgan fingerprint density at radius 1 is 1.35 bits per heavy atom. The first-order chi connectivity index (χ1) is 9.56. The number of benzene rings is 1. The topological polar surface area (TPSA) is 46.6 Å². The Kier molecular flexibility index (Phi) is 4.90. The molecule has 1 saturated heterocycles. The summed E-state index contributed by atoms with van der Waals surface area (Å²) >= 11 is 0. The molecule has 2 rings (SSSR count). The van der Waals surface area contributed by atoms with Crippen LogP contribution < -0.4 is 0 Å². The van der Waals surface area contributed by atoms with Gasteiger partial charge in [0, 0.05) is 13.1 Å². The first-order valence-electron chi connectivity index (χ1n) is 7.05. The standard InChI is InChI=1S/C16H21NO3/c1-12(2)20-16(19)14-8-9-17(11-15(14)18)10-13-6-4-3-5-7-13/h3-7,12,14H,8-11H2,1-2H3. The van der Waals surface area contributed by atoms with Crippen molar-refractivity contribution in [2.45, 2.75) is 32.9 Å². The molecule has 0 radical (unpaired) electrons. The summed E-state index contributed by atoms with van der Waals surface area (Å²) in [7, 11) is 0. The van der Waals surface area contributed by atoms with Crippen molar-refractivity contribution >= 4 is 11.8 Å². The van der Waals surface area contributed by atoms with E-state index in [-0.39, 0.29) is 17.9 Å². The third-order valence-corrected chi connectivity index (χ3v) is 3.39. The zero-order valence-corrected chi connectivity index (χ0v) is 12.0. The second-order valence-corrected chi connectivity index (χ2v) is 5.49. The van der Waals surface area contributed by atoms with E-state index >= 15 is 0 Å². The number of hydrogen-bond donors (Lipinski definition) is 0. The Morgan fingerprint density at radius 3 is 2.65 bits per heavy atom. The molecular weight excluding hydrogens is 254 g/mol. The van der Waals surface area contributed by atoms with Crippen molar-refractivity contribution in [3.05, 3.63) is 35.9 Å². The van der Waals surface area contributed by atoms with Crippen molar-refractivity contribution in [1.29, 1.82) is 0 Å². The number of piperidine rings is 1. The molecule has 0 saturated carbocycles. The maximum absolute atomic E-state index is 12.1. The van der Waals surface area contributed by atoms with Gasteiger partial charge in [0.15, 0.2) is 5.78 Å². The SMILES string of the molecule is CC(C)OC(=O)C1CCN(Cc2ccccc2)CC1=O. The van der Waals surface area contributed by atoms with Crippen LogP contribution in [0.3, 0.4) is 0 Å². The molecule has 1 atom stereocenters. The fourth-order valence-electron chi connectivity index (χ4n) is 2.42. The van der Waals surface area contributed by atoms with Crippen LogP contribution in [-0.2, 0) is 20.9 Å². The summed E-state index contributed by atoms with van der Waals surface area (Å²) in [5.74, 6) is -0.980. The highest BCUT2D eigenvalue weighted by atomic mass is 16.5. The molecule has 1 unspecified atom stereocenters. The fraction of sp³-hybridized carbons (Fsp3) is 0.500. The molecule has 0 N–H and O–H groups in total. The Hall–Kier alpha value is -1.68. The van der Waals surface area contributed by atoms with Crippen LogP contribution in [0, 0.1) is 5.92 Å². The van der Waals surface area contributed by atoms with Crippen molar-refractivity contribution in [3.63, 3.8) is 0 Å². The zero-order chi connectivity index (χ0) is 14.5. The molecule has 4 heteroatoms. The predicted molar refractivity (Wildman–Crippen MR) is 76.1 cm³/mol. The van der Waals surface area contributed by atoms with Gasteiger partial charge in [-0.2, -0.15) is 0 Å². The molecule has 0 bridgehead atoms. The fourth-order valence-corrected chi connectivity index (χ4v) is 2.42. The van der Waals surface area contributed by atoms with Gasteiger partial charge in [0.1, 0.15) is 5.92 Å². The number of rotatable bonds is 4. The van der Waals surface area contributed by atoms with E-state index in [1.807, 2.05) is 30.3 Å². The first kappa shape index (κ1) is 14.7. The molecule has 1 fully saturated rings. The number of ether oxygens (including phenoxy) is 1. The minimum absolute atomic E-state index is 0.0298. The number of ketones is 1. The lowest BCUT2D eigenvalue weighted by atomic mass is 9.95. The molecule has 1 aromatic carbocycles. The Bertz CT molecular complexity index is 470. The molecule has 20 heavy (non-hydrogen) atoms. The second-order valence-electron chi connectivity index (χ2n) is 5.49. The van der Waals surface area contributed by atoms with Gasteiger partial charge >= 0.3 is 5.97 Å². The van der Waals surface area contributed by atoms with Gasteiger partial charge in [-0.25, -0.2) is 0 Å². The Balaban J connectivity index is 1.89. The molecule has 0 amide bonds. The second kappa shape index (κ2) is 6.66. The van der Waals surface area contributed by atoms with E-state index in [9.17, 15) is 9.59 Å². The zero-order valence-electron chi connectivity index (χ0n) is 12.0. The lowest BCUT2D eigenvalue weighted by molar-refractivity contribution is -0.157. The van der Waals surface area contributed by atoms with Gasteiger partial charge in [-0.1, -0.05) is 30.3 Å². The number of carbonyl (C=O) groups is 2. The smallest absolute Gasteiger partial charge is 0.316 e. The summed E-state index contributed by atoms with van der Waals surface area (Å²) in [4.78, 5) is 26.0. The highest BCUT2D eigenvalue weighted by molar-refractivity contribution is 6.00. The quantitative estimate of drug-likeness (QED) is 0.623. The summed E-state index contributed by atoms with van der Waals surface area (Å²) in [6, 6.07) is 10.0. The number of likely N-dealkylation sites (tertiary alicyclic amines) is 1. The molecule has 0 spiro atoms. The summed E-state index contributed by atoms with van der Waals surface area (Å²) in [6.07, 6.45) is 0.384. The molecule has 1 aliphatic heterocycles. The minimum Gasteiger partial charge on any atom is -0.462 e. The van der Waals surface area contributed by atoms with Crippen LogP contribution >= 0.6 is 0 Å². The maximum Gasteiger partial charge on any atom is 0.316 e. The van der Waals surface area contributed by atoms with E-state index in [2.05, 4.69) is 4.90 Å². The normalized spacial score (nSPS) is 20.1. The van der Waals surface area contributed by atoms with Gasteiger partial charge in [0.2, 0.25) is 0 Å². The minimum atomic E-state index is -0.579. The van der Waals surface area contributed by atoms with Crippen molar-refractivity contribution in [2.24, 2.45) is 5.92 Å². The summed E-state index contributed by atoms with van der Waals surface area (Å²) in [6.45, 7) is 5.42. The third kappa shape index (κ3) is 3.90. The monoisotopic (exact) mass is 275 g/mol. The maximum atomic E-state index is 12.1. The van der Waals surface area contributed by atoms with E-state index in [1.54, 1.807) is 13.8 Å².